The third kappa shape index (κ3) is 1.33. The highest BCUT2D eigenvalue weighted by Gasteiger charge is 1.83. The number of rotatable bonds is 1. The van der Waals surface area contributed by atoms with Crippen LogP contribution in [0, 0.1) is 0 Å². The maximum absolute atomic E-state index is 4.82. The summed E-state index contributed by atoms with van der Waals surface area (Å²) in [4.78, 5) is 3.83. The van der Waals surface area contributed by atoms with Crippen molar-refractivity contribution >= 4 is 23.0 Å². The van der Waals surface area contributed by atoms with Gasteiger partial charge >= 0.3 is 0 Å². The molecular weight excluding hydrogens is 217 g/mol. The van der Waals surface area contributed by atoms with E-state index in [9.17, 15) is 0 Å². The van der Waals surface area contributed by atoms with Crippen LogP contribution < -0.4 is 3.07 Å². The minimum atomic E-state index is 0.785. The number of aromatic nitrogens is 1. The van der Waals surface area contributed by atoms with Crippen molar-refractivity contribution in [2.24, 2.45) is 0 Å². The number of hydrogen-bond donors (Lipinski definition) is 0. The van der Waals surface area contributed by atoms with Crippen LogP contribution in [-0.2, 0) is 0 Å². The fourth-order valence-electron chi connectivity index (χ4n) is 0.393. The Bertz CT molecular complexity index is 154. The van der Waals surface area contributed by atoms with Gasteiger partial charge < -0.3 is 3.07 Å². The van der Waals surface area contributed by atoms with Crippen LogP contribution in [0.2, 0.25) is 0 Å². The standard InChI is InChI=1S/C5H4INO/c6-8-5-2-1-3-7-4-5/h1-4H. The second-order valence-corrected chi connectivity index (χ2v) is 1.71. The van der Waals surface area contributed by atoms with E-state index in [1.807, 2.05) is 35.1 Å². The van der Waals surface area contributed by atoms with Gasteiger partial charge in [-0.1, -0.05) is 0 Å². The van der Waals surface area contributed by atoms with Gasteiger partial charge in [0.15, 0.2) is 28.8 Å². The molecule has 8 heavy (non-hydrogen) atoms. The number of pyridine rings is 1. The third-order valence-electron chi connectivity index (χ3n) is 0.723. The van der Waals surface area contributed by atoms with Crippen molar-refractivity contribution in [2.75, 3.05) is 0 Å². The van der Waals surface area contributed by atoms with E-state index in [-0.39, 0.29) is 0 Å². The Morgan fingerprint density at radius 2 is 2.50 bits per heavy atom. The van der Waals surface area contributed by atoms with Gasteiger partial charge in [0.1, 0.15) is 0 Å². The molecule has 0 aromatic carbocycles. The van der Waals surface area contributed by atoms with Gasteiger partial charge in [-0.25, -0.2) is 0 Å². The maximum atomic E-state index is 4.82. The summed E-state index contributed by atoms with van der Waals surface area (Å²) in [6.45, 7) is 0. The van der Waals surface area contributed by atoms with Crippen LogP contribution in [0.15, 0.2) is 24.5 Å². The number of hydrogen-bond acceptors (Lipinski definition) is 2. The Morgan fingerprint density at radius 3 is 2.88 bits per heavy atom. The van der Waals surface area contributed by atoms with Gasteiger partial charge in [-0.05, 0) is 12.1 Å². The monoisotopic (exact) mass is 221 g/mol. The van der Waals surface area contributed by atoms with Crippen LogP contribution in [0.1, 0.15) is 0 Å². The highest BCUT2D eigenvalue weighted by atomic mass is 127. The number of nitrogens with zero attached hydrogens (tertiary/aromatic N) is 1. The lowest BCUT2D eigenvalue weighted by atomic mass is 10.5. The molecule has 42 valence electrons. The van der Waals surface area contributed by atoms with Gasteiger partial charge in [-0.3, -0.25) is 4.98 Å². The van der Waals surface area contributed by atoms with Gasteiger partial charge in [0.05, 0.1) is 6.20 Å². The van der Waals surface area contributed by atoms with Crippen LogP contribution in [0.3, 0.4) is 0 Å². The van der Waals surface area contributed by atoms with E-state index in [1.54, 1.807) is 12.4 Å². The molecule has 0 atom stereocenters. The normalized spacial score (nSPS) is 8.62. The van der Waals surface area contributed by atoms with Crippen molar-refractivity contribution in [1.82, 2.24) is 4.98 Å². The minimum absolute atomic E-state index is 0.785. The van der Waals surface area contributed by atoms with Crippen LogP contribution in [-0.4, -0.2) is 4.98 Å². The predicted molar refractivity (Wildman–Crippen MR) is 38.9 cm³/mol. The van der Waals surface area contributed by atoms with Crippen LogP contribution in [0.5, 0.6) is 5.75 Å². The SMILES string of the molecule is IOc1cccnc1. The molecule has 0 aliphatic rings. The number of halogens is 1. The average Bonchev–Trinajstić information content (AvgIpc) is 1.90. The molecule has 0 radical (unpaired) electrons. The summed E-state index contributed by atoms with van der Waals surface area (Å²) in [6.07, 6.45) is 3.37. The topological polar surface area (TPSA) is 22.1 Å². The third-order valence-corrected chi connectivity index (χ3v) is 1.23. The molecular formula is C5H4INO. The zero-order valence-corrected chi connectivity index (χ0v) is 6.20. The highest BCUT2D eigenvalue weighted by molar-refractivity contribution is 14.1. The summed E-state index contributed by atoms with van der Waals surface area (Å²) in [6, 6.07) is 3.67. The van der Waals surface area contributed by atoms with Crippen molar-refractivity contribution in [2.45, 2.75) is 0 Å². The van der Waals surface area contributed by atoms with Crippen LogP contribution >= 0.6 is 23.0 Å². The van der Waals surface area contributed by atoms with Crippen LogP contribution in [0.4, 0.5) is 0 Å². The first-order chi connectivity index (χ1) is 3.93. The van der Waals surface area contributed by atoms with Crippen molar-refractivity contribution in [3.05, 3.63) is 24.5 Å². The van der Waals surface area contributed by atoms with E-state index in [1.165, 1.54) is 0 Å². The minimum Gasteiger partial charge on any atom is -0.426 e. The largest absolute Gasteiger partial charge is 0.426 e. The molecule has 2 nitrogen and oxygen atoms in total. The fourth-order valence-corrected chi connectivity index (χ4v) is 0.653. The summed E-state index contributed by atoms with van der Waals surface area (Å²) in [5.41, 5.74) is 0. The van der Waals surface area contributed by atoms with Crippen molar-refractivity contribution in [1.29, 1.82) is 0 Å². The second-order valence-electron chi connectivity index (χ2n) is 1.27. The molecule has 0 bridgehead atoms. The molecule has 0 aliphatic carbocycles. The maximum Gasteiger partial charge on any atom is 0.192 e. The molecule has 0 saturated carbocycles. The summed E-state index contributed by atoms with van der Waals surface area (Å²) in [7, 11) is 0. The van der Waals surface area contributed by atoms with Gasteiger partial charge in [0.2, 0.25) is 0 Å². The summed E-state index contributed by atoms with van der Waals surface area (Å²) < 4.78 is 4.82. The van der Waals surface area contributed by atoms with E-state index in [4.69, 9.17) is 3.07 Å². The molecule has 0 N–H and O–H groups in total. The first kappa shape index (κ1) is 5.81. The quantitative estimate of drug-likeness (QED) is 0.674. The fraction of sp³-hybridized carbons (Fsp3) is 0. The Kier molecular flexibility index (Phi) is 2.08. The van der Waals surface area contributed by atoms with Crippen LogP contribution in [0.25, 0.3) is 0 Å². The van der Waals surface area contributed by atoms with Gasteiger partial charge in [0.25, 0.3) is 0 Å². The molecule has 0 saturated heterocycles. The first-order valence-corrected chi connectivity index (χ1v) is 3.00. The second kappa shape index (κ2) is 2.86. The lowest BCUT2D eigenvalue weighted by Crippen LogP contribution is -1.72. The average molecular weight is 221 g/mol. The zero-order chi connectivity index (χ0) is 5.82. The molecule has 1 aromatic rings. The van der Waals surface area contributed by atoms with Crippen molar-refractivity contribution in [3.63, 3.8) is 0 Å². The molecule has 1 heterocycles. The molecule has 1 rings (SSSR count). The Balaban J connectivity index is 2.83. The first-order valence-electron chi connectivity index (χ1n) is 2.12. The summed E-state index contributed by atoms with van der Waals surface area (Å²) in [5.74, 6) is 0.785. The Morgan fingerprint density at radius 1 is 1.62 bits per heavy atom. The van der Waals surface area contributed by atoms with Crippen molar-refractivity contribution < 1.29 is 3.07 Å². The lowest BCUT2D eigenvalue weighted by Gasteiger charge is -1.89. The summed E-state index contributed by atoms with van der Waals surface area (Å²) >= 11 is 1.81. The van der Waals surface area contributed by atoms with E-state index in [2.05, 4.69) is 4.98 Å². The molecule has 0 fully saturated rings. The lowest BCUT2D eigenvalue weighted by molar-refractivity contribution is 0.711. The van der Waals surface area contributed by atoms with Crippen molar-refractivity contribution in [3.8, 4) is 5.75 Å². The smallest absolute Gasteiger partial charge is 0.192 e. The zero-order valence-electron chi connectivity index (χ0n) is 4.04. The summed E-state index contributed by atoms with van der Waals surface area (Å²) in [5, 5.41) is 0. The molecule has 0 amide bonds. The van der Waals surface area contributed by atoms with Gasteiger partial charge in [-0.15, -0.1) is 0 Å². The Hall–Kier alpha value is -0.320. The van der Waals surface area contributed by atoms with E-state index in [0.29, 0.717) is 0 Å². The Labute approximate surface area is 61.6 Å². The van der Waals surface area contributed by atoms with Gasteiger partial charge in [0, 0.05) is 6.20 Å². The molecule has 0 spiro atoms. The molecule has 1 aromatic heterocycles. The van der Waals surface area contributed by atoms with E-state index in [0.717, 1.165) is 5.75 Å². The van der Waals surface area contributed by atoms with Gasteiger partial charge in [-0.2, -0.15) is 0 Å². The molecule has 3 heteroatoms. The highest BCUT2D eigenvalue weighted by Crippen LogP contribution is 2.08. The molecule has 0 unspecified atom stereocenters. The molecule has 0 aliphatic heterocycles. The van der Waals surface area contributed by atoms with E-state index >= 15 is 0 Å². The van der Waals surface area contributed by atoms with E-state index < -0.39 is 0 Å². The predicted octanol–water partition coefficient (Wildman–Crippen LogP) is 1.81.